The van der Waals surface area contributed by atoms with E-state index in [1.54, 1.807) is 55.4 Å². The lowest BCUT2D eigenvalue weighted by atomic mass is 9.96. The molecular formula is C51H75N7O12. The first kappa shape index (κ1) is 56.3. The van der Waals surface area contributed by atoms with Crippen molar-refractivity contribution in [3.63, 3.8) is 0 Å². The summed E-state index contributed by atoms with van der Waals surface area (Å²) in [7, 11) is 0. The number of ether oxygens (including phenoxy) is 3. The number of benzene rings is 2. The molecule has 1 saturated heterocycles. The Balaban J connectivity index is 1.64. The van der Waals surface area contributed by atoms with Crippen LogP contribution in [0.3, 0.4) is 0 Å². The van der Waals surface area contributed by atoms with E-state index >= 15 is 0 Å². The molecule has 1 aliphatic heterocycles. The molecule has 0 spiro atoms. The van der Waals surface area contributed by atoms with Crippen LogP contribution >= 0.6 is 0 Å². The molecule has 8 N–H and O–H groups in total. The van der Waals surface area contributed by atoms with Gasteiger partial charge >= 0.3 is 18.2 Å². The fourth-order valence-corrected chi connectivity index (χ4v) is 8.37. The third-order valence-corrected chi connectivity index (χ3v) is 12.1. The van der Waals surface area contributed by atoms with E-state index in [-0.39, 0.29) is 51.3 Å². The number of alkyl carbamates (subject to hydrolysis) is 2. The van der Waals surface area contributed by atoms with E-state index in [1.165, 1.54) is 0 Å². The highest BCUT2D eigenvalue weighted by molar-refractivity contribution is 5.96. The smallest absolute Gasteiger partial charge is 0.407 e. The maximum atomic E-state index is 14.5. The number of aliphatic carboxylic acids is 1. The summed E-state index contributed by atoms with van der Waals surface area (Å²) in [6.07, 6.45) is -1.13. The molecule has 1 heterocycles. The minimum atomic E-state index is -1.50. The van der Waals surface area contributed by atoms with Crippen LogP contribution in [-0.2, 0) is 43.0 Å². The van der Waals surface area contributed by atoms with Crippen LogP contribution in [0.15, 0.2) is 48.5 Å². The topological polar surface area (TPSA) is 269 Å². The van der Waals surface area contributed by atoms with Crippen LogP contribution < -0.4 is 37.2 Å². The second-order valence-corrected chi connectivity index (χ2v) is 20.1. The zero-order chi connectivity index (χ0) is 51.8. The molecule has 0 saturated carbocycles. The van der Waals surface area contributed by atoms with Crippen molar-refractivity contribution in [1.29, 1.82) is 0 Å². The lowest BCUT2D eigenvalue weighted by molar-refractivity contribution is -0.145. The first-order chi connectivity index (χ1) is 33.0. The second kappa shape index (κ2) is 26.1. The lowest BCUT2D eigenvalue weighted by Gasteiger charge is -2.33. The molecule has 1 fully saturated rings. The van der Waals surface area contributed by atoms with E-state index in [4.69, 9.17) is 14.2 Å². The summed E-state index contributed by atoms with van der Waals surface area (Å²) in [5.41, 5.74) is 2.56. The molecule has 19 heteroatoms. The average molecular weight is 978 g/mol. The fourth-order valence-electron chi connectivity index (χ4n) is 8.37. The largest absolute Gasteiger partial charge is 0.480 e. The summed E-state index contributed by atoms with van der Waals surface area (Å²) >= 11 is 0. The predicted molar refractivity (Wildman–Crippen MR) is 261 cm³/mol. The van der Waals surface area contributed by atoms with Crippen molar-refractivity contribution in [2.45, 2.75) is 174 Å². The summed E-state index contributed by atoms with van der Waals surface area (Å²) in [6, 6.07) is 9.06. The Morgan fingerprint density at radius 2 is 1.36 bits per heavy atom. The third kappa shape index (κ3) is 17.6. The number of unbranched alkanes of at least 4 members (excludes halogenated alkanes) is 1. The quantitative estimate of drug-likeness (QED) is 0.124. The van der Waals surface area contributed by atoms with Crippen molar-refractivity contribution in [3.05, 3.63) is 59.7 Å². The molecule has 70 heavy (non-hydrogen) atoms. The van der Waals surface area contributed by atoms with Gasteiger partial charge in [0.15, 0.2) is 0 Å². The molecule has 2 aromatic rings. The molecule has 1 aliphatic carbocycles. The maximum Gasteiger partial charge on any atom is 0.407 e. The zero-order valence-electron chi connectivity index (χ0n) is 42.2. The summed E-state index contributed by atoms with van der Waals surface area (Å²) in [5.74, 6) is -5.72. The Kier molecular flexibility index (Phi) is 21.0. The molecule has 19 nitrogen and oxygen atoms in total. The van der Waals surface area contributed by atoms with E-state index in [0.29, 0.717) is 32.1 Å². The van der Waals surface area contributed by atoms with Crippen LogP contribution in [0.25, 0.3) is 11.1 Å². The minimum absolute atomic E-state index is 0.0204. The number of rotatable bonds is 13. The standard InChI is InChI=1S/C51H75N7O12/c1-10-30(2)41-45(62)58-42(31(3)69-50(4,5)6)46(63)55-39(47(64)65)25-26-40(59)52-27-17-15-24-38(43(60)54-37(44(61)57-41)23-16-18-28-53-48(66)70-51(7,8)9)56-49(67)68-29-36-34-21-13-11-19-32(34)33-20-12-14-22-35(33)36/h11-14,19-22,30-31,36-39,41-42H,10,15-18,23-29H2,1-9H3,(H,52,59)(H,53,66)(H,54,60)(H,55,63)(H,56,67)(H,57,61)(H,58,62)(H,64,65)/t30-,31+,37-,38-,39-,41-,42-/m0/s1. The highest BCUT2D eigenvalue weighted by atomic mass is 16.6. The van der Waals surface area contributed by atoms with Crippen LogP contribution in [0.5, 0.6) is 0 Å². The van der Waals surface area contributed by atoms with Gasteiger partial charge in [0.2, 0.25) is 29.5 Å². The van der Waals surface area contributed by atoms with Crippen LogP contribution in [0.2, 0.25) is 0 Å². The fraction of sp³-hybridized carbons (Fsp3) is 0.608. The number of fused-ring (bicyclic) bond motifs is 3. The number of amides is 7. The van der Waals surface area contributed by atoms with Gasteiger partial charge < -0.3 is 56.5 Å². The number of hydrogen-bond acceptors (Lipinski definition) is 11. The van der Waals surface area contributed by atoms with Gasteiger partial charge in [0.1, 0.15) is 42.4 Å². The molecule has 7 atom stereocenters. The van der Waals surface area contributed by atoms with E-state index in [9.17, 15) is 43.5 Å². The zero-order valence-corrected chi connectivity index (χ0v) is 42.2. The number of carbonyl (C=O) groups excluding carboxylic acids is 7. The van der Waals surface area contributed by atoms with E-state index in [2.05, 4.69) is 37.2 Å². The van der Waals surface area contributed by atoms with Gasteiger partial charge in [-0.05, 0) is 122 Å². The molecule has 4 rings (SSSR count). The Morgan fingerprint density at radius 3 is 1.96 bits per heavy atom. The Hall–Kier alpha value is -6.24. The van der Waals surface area contributed by atoms with E-state index < -0.39 is 101 Å². The molecule has 2 aliphatic rings. The van der Waals surface area contributed by atoms with Crippen LogP contribution in [0.4, 0.5) is 9.59 Å². The predicted octanol–water partition coefficient (Wildman–Crippen LogP) is 4.94. The molecule has 386 valence electrons. The molecule has 0 aromatic heterocycles. The van der Waals surface area contributed by atoms with Crippen molar-refractivity contribution < 1.29 is 57.7 Å². The first-order valence-corrected chi connectivity index (χ1v) is 24.4. The molecule has 0 unspecified atom stereocenters. The number of carboxylic acid groups (broad SMARTS) is 1. The average Bonchev–Trinajstić information content (AvgIpc) is 3.60. The Labute approximate surface area is 411 Å². The van der Waals surface area contributed by atoms with Crippen molar-refractivity contribution in [1.82, 2.24) is 37.2 Å². The number of nitrogens with one attached hydrogen (secondary N) is 7. The van der Waals surface area contributed by atoms with Gasteiger partial charge in [0, 0.05) is 25.4 Å². The summed E-state index contributed by atoms with van der Waals surface area (Å²) in [4.78, 5) is 108. The van der Waals surface area contributed by atoms with Gasteiger partial charge in [-0.3, -0.25) is 24.0 Å². The first-order valence-electron chi connectivity index (χ1n) is 24.4. The Morgan fingerprint density at radius 1 is 0.743 bits per heavy atom. The van der Waals surface area contributed by atoms with Crippen molar-refractivity contribution in [2.24, 2.45) is 5.92 Å². The van der Waals surface area contributed by atoms with E-state index in [0.717, 1.165) is 22.3 Å². The van der Waals surface area contributed by atoms with Gasteiger partial charge in [-0.15, -0.1) is 0 Å². The van der Waals surface area contributed by atoms with Crippen molar-refractivity contribution in [3.8, 4) is 11.1 Å². The molecule has 0 bridgehead atoms. The van der Waals surface area contributed by atoms with Gasteiger partial charge in [0.25, 0.3) is 0 Å². The lowest BCUT2D eigenvalue weighted by Crippen LogP contribution is -2.62. The second-order valence-electron chi connectivity index (χ2n) is 20.1. The monoisotopic (exact) mass is 978 g/mol. The van der Waals surface area contributed by atoms with Gasteiger partial charge in [-0.25, -0.2) is 14.4 Å². The molecule has 0 radical (unpaired) electrons. The summed E-state index contributed by atoms with van der Waals surface area (Å²) in [5, 5.41) is 29.0. The summed E-state index contributed by atoms with van der Waals surface area (Å²) < 4.78 is 17.2. The highest BCUT2D eigenvalue weighted by Gasteiger charge is 2.38. The van der Waals surface area contributed by atoms with Crippen LogP contribution in [0.1, 0.15) is 137 Å². The van der Waals surface area contributed by atoms with Crippen molar-refractivity contribution in [2.75, 3.05) is 19.7 Å². The van der Waals surface area contributed by atoms with E-state index in [1.807, 2.05) is 55.5 Å². The van der Waals surface area contributed by atoms with Gasteiger partial charge in [-0.2, -0.15) is 0 Å². The van der Waals surface area contributed by atoms with Crippen LogP contribution in [-0.4, -0.2) is 120 Å². The molecule has 7 amide bonds. The Bertz CT molecular complexity index is 2110. The highest BCUT2D eigenvalue weighted by Crippen LogP contribution is 2.44. The third-order valence-electron chi connectivity index (χ3n) is 12.1. The number of hydrogen-bond donors (Lipinski definition) is 8. The van der Waals surface area contributed by atoms with Gasteiger partial charge in [-0.1, -0.05) is 68.8 Å². The normalized spacial score (nSPS) is 22.2. The maximum absolute atomic E-state index is 14.5. The summed E-state index contributed by atoms with van der Waals surface area (Å²) in [6.45, 7) is 15.9. The number of carboxylic acids is 1. The molecular weight excluding hydrogens is 903 g/mol. The molecule has 2 aromatic carbocycles. The SMILES string of the molecule is CC[C@H](C)[C@@H]1NC(=O)[C@H](CCCCNC(=O)OC(C)(C)C)NC(=O)[C@@H](NC(=O)OCC2c3ccccc3-c3ccccc32)CCCCNC(=O)CC[C@@H](C(=O)O)NC(=O)[C@H]([C@@H](C)OC(C)(C)C)NC1=O. The van der Waals surface area contributed by atoms with Crippen molar-refractivity contribution >= 4 is 47.7 Å². The van der Waals surface area contributed by atoms with Gasteiger partial charge in [0.05, 0.1) is 11.7 Å². The minimum Gasteiger partial charge on any atom is -0.480 e. The number of carbonyl (C=O) groups is 8. The van der Waals surface area contributed by atoms with Crippen LogP contribution in [0, 0.1) is 5.92 Å².